The summed E-state index contributed by atoms with van der Waals surface area (Å²) < 4.78 is 27.2. The lowest BCUT2D eigenvalue weighted by Gasteiger charge is -2.13. The van der Waals surface area contributed by atoms with Crippen molar-refractivity contribution in [3.63, 3.8) is 0 Å². The van der Waals surface area contributed by atoms with E-state index in [4.69, 9.17) is 0 Å². The summed E-state index contributed by atoms with van der Waals surface area (Å²) in [7, 11) is -1.51. The smallest absolute Gasteiger partial charge is 0.241 e. The number of rotatable bonds is 5. The van der Waals surface area contributed by atoms with Gasteiger partial charge in [0.25, 0.3) is 0 Å². The van der Waals surface area contributed by atoms with Gasteiger partial charge in [-0.1, -0.05) is 6.07 Å². The highest BCUT2D eigenvalue weighted by molar-refractivity contribution is 7.89. The molecule has 18 heavy (non-hydrogen) atoms. The van der Waals surface area contributed by atoms with Crippen LogP contribution in [-0.2, 0) is 16.6 Å². The van der Waals surface area contributed by atoms with Gasteiger partial charge in [0, 0.05) is 12.6 Å². The van der Waals surface area contributed by atoms with Gasteiger partial charge in [-0.15, -0.1) is 0 Å². The van der Waals surface area contributed by atoms with Gasteiger partial charge in [-0.05, 0) is 56.5 Å². The Labute approximate surface area is 109 Å². The lowest BCUT2D eigenvalue weighted by atomic mass is 10.1. The van der Waals surface area contributed by atoms with Crippen molar-refractivity contribution in [2.24, 2.45) is 0 Å². The molecule has 0 aliphatic heterocycles. The minimum absolute atomic E-state index is 0.142. The summed E-state index contributed by atoms with van der Waals surface area (Å²) in [6.07, 6.45) is 1.90. The van der Waals surface area contributed by atoms with Crippen molar-refractivity contribution in [2.45, 2.75) is 44.2 Å². The monoisotopic (exact) mass is 268 g/mol. The van der Waals surface area contributed by atoms with Crippen LogP contribution in [0.2, 0.25) is 0 Å². The van der Waals surface area contributed by atoms with E-state index in [0.717, 1.165) is 29.5 Å². The summed E-state index contributed by atoms with van der Waals surface area (Å²) in [6.45, 7) is 4.53. The molecular formula is C13H20N2O2S. The Kier molecular flexibility index (Phi) is 3.75. The molecule has 1 aromatic carbocycles. The maximum absolute atomic E-state index is 12.2. The number of hydrogen-bond acceptors (Lipinski definition) is 3. The van der Waals surface area contributed by atoms with E-state index in [0.29, 0.717) is 11.4 Å². The molecule has 2 rings (SSSR count). The fraction of sp³-hybridized carbons (Fsp3) is 0.538. The molecule has 0 radical (unpaired) electrons. The Bertz CT molecular complexity index is 548. The SMILES string of the molecule is CNCc1cc(S(=O)(=O)NC2CC2)c(C)cc1C. The van der Waals surface area contributed by atoms with Crippen molar-refractivity contribution in [1.29, 1.82) is 0 Å². The molecule has 0 aromatic heterocycles. The number of aryl methyl sites for hydroxylation is 2. The molecule has 0 atom stereocenters. The molecule has 1 aliphatic carbocycles. The van der Waals surface area contributed by atoms with Crippen molar-refractivity contribution >= 4 is 10.0 Å². The van der Waals surface area contributed by atoms with Gasteiger partial charge in [-0.25, -0.2) is 13.1 Å². The van der Waals surface area contributed by atoms with Crippen molar-refractivity contribution < 1.29 is 8.42 Å². The Morgan fingerprint density at radius 3 is 2.44 bits per heavy atom. The summed E-state index contributed by atoms with van der Waals surface area (Å²) in [5, 5.41) is 3.06. The van der Waals surface area contributed by atoms with Gasteiger partial charge in [0.05, 0.1) is 4.90 Å². The van der Waals surface area contributed by atoms with Crippen LogP contribution in [-0.4, -0.2) is 21.5 Å². The van der Waals surface area contributed by atoms with Crippen LogP contribution in [0.25, 0.3) is 0 Å². The van der Waals surface area contributed by atoms with Crippen LogP contribution in [0.15, 0.2) is 17.0 Å². The van der Waals surface area contributed by atoms with Crippen LogP contribution in [0.1, 0.15) is 29.5 Å². The zero-order chi connectivity index (χ0) is 13.3. The van der Waals surface area contributed by atoms with Gasteiger partial charge in [-0.2, -0.15) is 0 Å². The average Bonchev–Trinajstić information content (AvgIpc) is 3.05. The third-order valence-corrected chi connectivity index (χ3v) is 4.85. The number of hydrogen-bond donors (Lipinski definition) is 2. The second-order valence-electron chi connectivity index (χ2n) is 4.97. The molecule has 1 fully saturated rings. The van der Waals surface area contributed by atoms with Gasteiger partial charge in [0.1, 0.15) is 0 Å². The summed E-state index contributed by atoms with van der Waals surface area (Å²) in [5.41, 5.74) is 2.95. The third kappa shape index (κ3) is 2.91. The lowest BCUT2D eigenvalue weighted by molar-refractivity contribution is 0.580. The van der Waals surface area contributed by atoms with E-state index < -0.39 is 10.0 Å². The van der Waals surface area contributed by atoms with Crippen LogP contribution in [0.3, 0.4) is 0 Å². The summed E-state index contributed by atoms with van der Waals surface area (Å²) >= 11 is 0. The molecule has 1 aromatic rings. The Morgan fingerprint density at radius 1 is 1.22 bits per heavy atom. The first kappa shape index (κ1) is 13.5. The zero-order valence-electron chi connectivity index (χ0n) is 11.1. The Morgan fingerprint density at radius 2 is 1.89 bits per heavy atom. The van der Waals surface area contributed by atoms with Crippen LogP contribution >= 0.6 is 0 Å². The maximum Gasteiger partial charge on any atom is 0.241 e. The predicted molar refractivity (Wildman–Crippen MR) is 72.0 cm³/mol. The molecule has 0 unspecified atom stereocenters. The van der Waals surface area contributed by atoms with E-state index in [9.17, 15) is 8.42 Å². The summed E-state index contributed by atoms with van der Waals surface area (Å²) in [5.74, 6) is 0. The molecule has 0 amide bonds. The van der Waals surface area contributed by atoms with E-state index in [-0.39, 0.29) is 6.04 Å². The number of sulfonamides is 1. The molecule has 2 N–H and O–H groups in total. The first-order chi connectivity index (χ1) is 8.44. The lowest BCUT2D eigenvalue weighted by Crippen LogP contribution is -2.26. The normalized spacial score (nSPS) is 15.9. The second kappa shape index (κ2) is 4.99. The largest absolute Gasteiger partial charge is 0.316 e. The minimum atomic E-state index is -3.36. The maximum atomic E-state index is 12.2. The van der Waals surface area contributed by atoms with E-state index in [1.54, 1.807) is 6.07 Å². The molecule has 100 valence electrons. The molecule has 1 saturated carbocycles. The molecule has 0 saturated heterocycles. The van der Waals surface area contributed by atoms with Crippen molar-refractivity contribution in [1.82, 2.24) is 10.0 Å². The summed E-state index contributed by atoms with van der Waals surface area (Å²) in [6, 6.07) is 3.86. The van der Waals surface area contributed by atoms with E-state index in [1.165, 1.54) is 0 Å². The van der Waals surface area contributed by atoms with Crippen LogP contribution < -0.4 is 10.0 Å². The molecular weight excluding hydrogens is 248 g/mol. The van der Waals surface area contributed by atoms with E-state index >= 15 is 0 Å². The fourth-order valence-corrected chi connectivity index (χ4v) is 3.61. The third-order valence-electron chi connectivity index (χ3n) is 3.19. The molecule has 4 nitrogen and oxygen atoms in total. The van der Waals surface area contributed by atoms with Gasteiger partial charge >= 0.3 is 0 Å². The fourth-order valence-electron chi connectivity index (χ4n) is 2.03. The van der Waals surface area contributed by atoms with E-state index in [2.05, 4.69) is 10.0 Å². The van der Waals surface area contributed by atoms with Gasteiger partial charge in [-0.3, -0.25) is 0 Å². The molecule has 1 aliphatic rings. The topological polar surface area (TPSA) is 58.2 Å². The average molecular weight is 268 g/mol. The minimum Gasteiger partial charge on any atom is -0.316 e. The summed E-state index contributed by atoms with van der Waals surface area (Å²) in [4.78, 5) is 0.408. The van der Waals surface area contributed by atoms with Crippen molar-refractivity contribution in [2.75, 3.05) is 7.05 Å². The first-order valence-corrected chi connectivity index (χ1v) is 7.69. The van der Waals surface area contributed by atoms with Crippen LogP contribution in [0.4, 0.5) is 0 Å². The molecule has 0 heterocycles. The highest BCUT2D eigenvalue weighted by atomic mass is 32.2. The Balaban J connectivity index is 2.39. The highest BCUT2D eigenvalue weighted by Gasteiger charge is 2.29. The Hall–Kier alpha value is -0.910. The predicted octanol–water partition coefficient (Wildman–Crippen LogP) is 1.46. The molecule has 5 heteroatoms. The quantitative estimate of drug-likeness (QED) is 0.850. The molecule has 0 bridgehead atoms. The number of nitrogens with one attached hydrogen (secondary N) is 2. The van der Waals surface area contributed by atoms with Gasteiger partial charge < -0.3 is 5.32 Å². The van der Waals surface area contributed by atoms with Gasteiger partial charge in [0.2, 0.25) is 10.0 Å². The number of benzene rings is 1. The second-order valence-corrected chi connectivity index (χ2v) is 6.65. The van der Waals surface area contributed by atoms with Gasteiger partial charge in [0.15, 0.2) is 0 Å². The van der Waals surface area contributed by atoms with Crippen molar-refractivity contribution in [3.05, 3.63) is 28.8 Å². The first-order valence-electron chi connectivity index (χ1n) is 6.21. The standard InChI is InChI=1S/C13H20N2O2S/c1-9-6-10(2)13(7-11(9)8-14-3)18(16,17)15-12-4-5-12/h6-7,12,14-15H,4-5,8H2,1-3H3. The van der Waals surface area contributed by atoms with Crippen molar-refractivity contribution in [3.8, 4) is 0 Å². The van der Waals surface area contributed by atoms with Crippen LogP contribution in [0.5, 0.6) is 0 Å². The molecule has 0 spiro atoms. The van der Waals surface area contributed by atoms with E-state index in [1.807, 2.05) is 27.0 Å². The highest BCUT2D eigenvalue weighted by Crippen LogP contribution is 2.25. The van der Waals surface area contributed by atoms with Crippen LogP contribution in [0, 0.1) is 13.8 Å². The zero-order valence-corrected chi connectivity index (χ0v) is 11.9.